The van der Waals surface area contributed by atoms with Gasteiger partial charge in [0.05, 0.1) is 16.1 Å². The van der Waals surface area contributed by atoms with Crippen LogP contribution in [-0.4, -0.2) is 57.1 Å². The van der Waals surface area contributed by atoms with Crippen molar-refractivity contribution in [1.82, 2.24) is 4.90 Å². The lowest BCUT2D eigenvalue weighted by Crippen LogP contribution is -2.41. The Morgan fingerprint density at radius 1 is 1.06 bits per heavy atom. The quantitative estimate of drug-likeness (QED) is 0.567. The molecule has 0 bridgehead atoms. The molecule has 2 aromatic rings. The summed E-state index contributed by atoms with van der Waals surface area (Å²) in [6.07, 6.45) is 4.71. The van der Waals surface area contributed by atoms with E-state index in [1.54, 1.807) is 36.4 Å². The summed E-state index contributed by atoms with van der Waals surface area (Å²) in [5.74, 6) is -0.236. The number of anilines is 2. The Bertz CT molecular complexity index is 1110. The summed E-state index contributed by atoms with van der Waals surface area (Å²) >= 11 is 0. The van der Waals surface area contributed by atoms with Gasteiger partial charge in [-0.1, -0.05) is 26.0 Å². The zero-order valence-electron chi connectivity index (χ0n) is 20.0. The van der Waals surface area contributed by atoms with Gasteiger partial charge in [-0.15, -0.1) is 0 Å². The molecular formula is C26H35N3O4S. The van der Waals surface area contributed by atoms with Crippen molar-refractivity contribution in [2.75, 3.05) is 42.3 Å². The Balaban J connectivity index is 1.51. The summed E-state index contributed by atoms with van der Waals surface area (Å²) < 4.78 is 28.3. The fraction of sp³-hybridized carbons (Fsp3) is 0.500. The number of hydrogen-bond acceptors (Lipinski definition) is 5. The molecule has 0 saturated carbocycles. The highest BCUT2D eigenvalue weighted by Crippen LogP contribution is 2.30. The van der Waals surface area contributed by atoms with E-state index in [1.807, 2.05) is 13.8 Å². The van der Waals surface area contributed by atoms with Gasteiger partial charge < -0.3 is 14.9 Å². The first-order valence-corrected chi connectivity index (χ1v) is 13.7. The van der Waals surface area contributed by atoms with Crippen LogP contribution in [-0.2, 0) is 10.0 Å². The monoisotopic (exact) mass is 485 g/mol. The normalized spacial score (nSPS) is 19.5. The van der Waals surface area contributed by atoms with E-state index < -0.39 is 16.0 Å². The Morgan fingerprint density at radius 2 is 1.76 bits per heavy atom. The van der Waals surface area contributed by atoms with Crippen molar-refractivity contribution < 1.29 is 18.3 Å². The van der Waals surface area contributed by atoms with Gasteiger partial charge in [0.2, 0.25) is 0 Å². The number of nitrogens with one attached hydrogen (secondary N) is 1. The Labute approximate surface area is 202 Å². The van der Waals surface area contributed by atoms with Crippen LogP contribution in [0.4, 0.5) is 11.4 Å². The van der Waals surface area contributed by atoms with Gasteiger partial charge in [-0.2, -0.15) is 0 Å². The van der Waals surface area contributed by atoms with Gasteiger partial charge in [0.25, 0.3) is 10.0 Å². The number of sulfonamides is 1. The third-order valence-electron chi connectivity index (χ3n) is 6.91. The van der Waals surface area contributed by atoms with Crippen LogP contribution in [0.3, 0.4) is 0 Å². The molecule has 2 heterocycles. The van der Waals surface area contributed by atoms with Crippen LogP contribution in [0.1, 0.15) is 61.4 Å². The highest BCUT2D eigenvalue weighted by Gasteiger charge is 2.26. The van der Waals surface area contributed by atoms with Gasteiger partial charge in [-0.3, -0.25) is 4.72 Å². The molecule has 8 heteroatoms. The van der Waals surface area contributed by atoms with Gasteiger partial charge in [0.15, 0.2) is 0 Å². The molecule has 2 aliphatic rings. The summed E-state index contributed by atoms with van der Waals surface area (Å²) in [5, 5.41) is 9.90. The molecule has 7 nitrogen and oxygen atoms in total. The maximum atomic E-state index is 12.9. The molecule has 2 aliphatic heterocycles. The minimum Gasteiger partial charge on any atom is -0.478 e. The van der Waals surface area contributed by atoms with Crippen LogP contribution in [0.5, 0.6) is 0 Å². The second kappa shape index (κ2) is 10.4. The lowest BCUT2D eigenvalue weighted by molar-refractivity contribution is 0.0697. The van der Waals surface area contributed by atoms with E-state index in [0.717, 1.165) is 51.1 Å². The minimum atomic E-state index is -3.82. The number of likely N-dealkylation sites (tertiary alicyclic amines) is 1. The van der Waals surface area contributed by atoms with E-state index in [1.165, 1.54) is 18.9 Å². The second-order valence-electron chi connectivity index (χ2n) is 9.83. The third-order valence-corrected chi connectivity index (χ3v) is 8.31. The van der Waals surface area contributed by atoms with E-state index in [4.69, 9.17) is 0 Å². The molecule has 34 heavy (non-hydrogen) atoms. The number of hydrogen-bond donors (Lipinski definition) is 2. The molecule has 184 valence electrons. The number of aromatic carboxylic acids is 1. The zero-order chi connectivity index (χ0) is 24.3. The fourth-order valence-electron chi connectivity index (χ4n) is 5.06. The average molecular weight is 486 g/mol. The standard InChI is InChI=1S/C26H35N3O4S/c1-19(2)21-7-10-23(11-8-21)34(32,33)27-22-9-12-25(24(16-22)26(30)31)29-15-5-6-20(18-29)17-28-13-3-4-14-28/h7-12,16,19-20,27H,3-6,13-15,17-18H2,1-2H3,(H,30,31)/t20-/m1/s1. The number of carboxylic acids is 1. The first kappa shape index (κ1) is 24.5. The predicted molar refractivity (Wildman–Crippen MR) is 135 cm³/mol. The minimum absolute atomic E-state index is 0.122. The molecule has 0 aliphatic carbocycles. The molecule has 2 N–H and O–H groups in total. The van der Waals surface area contributed by atoms with Crippen molar-refractivity contribution in [3.05, 3.63) is 53.6 Å². The van der Waals surface area contributed by atoms with E-state index in [2.05, 4.69) is 14.5 Å². The van der Waals surface area contributed by atoms with E-state index in [-0.39, 0.29) is 16.1 Å². The first-order chi connectivity index (χ1) is 16.2. The number of carboxylic acid groups (broad SMARTS) is 1. The van der Waals surface area contributed by atoms with Crippen molar-refractivity contribution in [2.24, 2.45) is 5.92 Å². The summed E-state index contributed by atoms with van der Waals surface area (Å²) in [4.78, 5) is 16.9. The number of rotatable bonds is 8. The molecule has 2 aromatic carbocycles. The molecule has 1 atom stereocenters. The Hall–Kier alpha value is -2.58. The van der Waals surface area contributed by atoms with Crippen molar-refractivity contribution in [2.45, 2.75) is 50.3 Å². The number of nitrogens with zero attached hydrogens (tertiary/aromatic N) is 2. The highest BCUT2D eigenvalue weighted by molar-refractivity contribution is 7.92. The average Bonchev–Trinajstić information content (AvgIpc) is 3.32. The summed E-state index contributed by atoms with van der Waals surface area (Å²) in [5.41, 5.74) is 2.08. The lowest BCUT2D eigenvalue weighted by atomic mass is 9.96. The molecular weight excluding hydrogens is 450 g/mol. The van der Waals surface area contributed by atoms with Crippen molar-refractivity contribution in [3.8, 4) is 0 Å². The largest absolute Gasteiger partial charge is 0.478 e. The molecule has 0 spiro atoms. The van der Waals surface area contributed by atoms with Crippen LogP contribution < -0.4 is 9.62 Å². The number of carbonyl (C=O) groups is 1. The highest BCUT2D eigenvalue weighted by atomic mass is 32.2. The summed E-state index contributed by atoms with van der Waals surface area (Å²) in [6.45, 7) is 9.11. The third kappa shape index (κ3) is 5.73. The van der Waals surface area contributed by atoms with Gasteiger partial charge >= 0.3 is 5.97 Å². The fourth-order valence-corrected chi connectivity index (χ4v) is 6.11. The number of piperidine rings is 1. The molecule has 0 unspecified atom stereocenters. The van der Waals surface area contributed by atoms with Crippen LogP contribution >= 0.6 is 0 Å². The van der Waals surface area contributed by atoms with E-state index >= 15 is 0 Å². The summed E-state index contributed by atoms with van der Waals surface area (Å²) in [6, 6.07) is 11.6. The topological polar surface area (TPSA) is 90.0 Å². The van der Waals surface area contributed by atoms with Crippen molar-refractivity contribution in [3.63, 3.8) is 0 Å². The van der Waals surface area contributed by atoms with Gasteiger partial charge in [-0.25, -0.2) is 13.2 Å². The predicted octanol–water partition coefficient (Wildman–Crippen LogP) is 4.62. The van der Waals surface area contributed by atoms with Crippen molar-refractivity contribution >= 4 is 27.4 Å². The molecule has 2 fully saturated rings. The first-order valence-electron chi connectivity index (χ1n) is 12.2. The number of benzene rings is 2. The molecule has 4 rings (SSSR count). The SMILES string of the molecule is CC(C)c1ccc(S(=O)(=O)Nc2ccc(N3CCC[C@H](CN4CCCC4)C3)c(C(=O)O)c2)cc1. The van der Waals surface area contributed by atoms with Gasteiger partial charge in [0.1, 0.15) is 0 Å². The van der Waals surface area contributed by atoms with E-state index in [0.29, 0.717) is 17.5 Å². The molecule has 0 aromatic heterocycles. The Kier molecular flexibility index (Phi) is 7.48. The smallest absolute Gasteiger partial charge is 0.337 e. The molecule has 0 radical (unpaired) electrons. The summed E-state index contributed by atoms with van der Waals surface area (Å²) in [7, 11) is -3.82. The zero-order valence-corrected chi connectivity index (χ0v) is 20.9. The maximum Gasteiger partial charge on any atom is 0.337 e. The van der Waals surface area contributed by atoms with E-state index in [9.17, 15) is 18.3 Å². The Morgan fingerprint density at radius 3 is 2.41 bits per heavy atom. The van der Waals surface area contributed by atoms with Gasteiger partial charge in [0, 0.05) is 25.3 Å². The van der Waals surface area contributed by atoms with Crippen LogP contribution in [0.15, 0.2) is 47.4 Å². The maximum absolute atomic E-state index is 12.9. The van der Waals surface area contributed by atoms with Crippen LogP contribution in [0, 0.1) is 5.92 Å². The van der Waals surface area contributed by atoms with Gasteiger partial charge in [-0.05, 0) is 86.5 Å². The second-order valence-corrected chi connectivity index (χ2v) is 11.5. The molecule has 2 saturated heterocycles. The molecule has 0 amide bonds. The van der Waals surface area contributed by atoms with Crippen LogP contribution in [0.25, 0.3) is 0 Å². The van der Waals surface area contributed by atoms with Crippen LogP contribution in [0.2, 0.25) is 0 Å². The lowest BCUT2D eigenvalue weighted by Gasteiger charge is -2.36. The van der Waals surface area contributed by atoms with Crippen molar-refractivity contribution in [1.29, 1.82) is 0 Å².